The average Bonchev–Trinajstić information content (AvgIpc) is 2.91. The Bertz CT molecular complexity index is 890. The van der Waals surface area contributed by atoms with Crippen LogP contribution in [0, 0.1) is 19.8 Å². The second-order valence-electron chi connectivity index (χ2n) is 9.15. The first-order valence-electron chi connectivity index (χ1n) is 10.9. The molecule has 1 saturated heterocycles. The third-order valence-corrected chi connectivity index (χ3v) is 5.96. The molecule has 1 aliphatic heterocycles. The summed E-state index contributed by atoms with van der Waals surface area (Å²) in [6, 6.07) is 7.88. The summed E-state index contributed by atoms with van der Waals surface area (Å²) in [5.41, 5.74) is 3.02. The molecular formula is C24H35N3O3. The molecule has 0 bridgehead atoms. The number of aromatic nitrogens is 2. The Balaban J connectivity index is 1.61. The zero-order chi connectivity index (χ0) is 21.9. The van der Waals surface area contributed by atoms with E-state index in [4.69, 9.17) is 4.74 Å². The monoisotopic (exact) mass is 413 g/mol. The van der Waals surface area contributed by atoms with Crippen molar-refractivity contribution < 1.29 is 14.6 Å². The van der Waals surface area contributed by atoms with Crippen molar-refractivity contribution in [2.24, 2.45) is 13.0 Å². The Kier molecular flexibility index (Phi) is 6.86. The SMILES string of the molecule is Cc1ccc(OC[C@]2(O)CCCN(C(=O)c3cc(CC(C)C)nn3C)CC2)cc1C. The van der Waals surface area contributed by atoms with Crippen molar-refractivity contribution in [1.82, 2.24) is 14.7 Å². The third kappa shape index (κ3) is 5.42. The number of carbonyl (C=O) groups excluding carboxylic acids is 1. The highest BCUT2D eigenvalue weighted by Gasteiger charge is 2.33. The summed E-state index contributed by atoms with van der Waals surface area (Å²) in [5.74, 6) is 1.25. The van der Waals surface area contributed by atoms with Gasteiger partial charge in [-0.15, -0.1) is 0 Å². The maximum Gasteiger partial charge on any atom is 0.272 e. The minimum absolute atomic E-state index is 0.0145. The second-order valence-corrected chi connectivity index (χ2v) is 9.15. The van der Waals surface area contributed by atoms with Crippen molar-refractivity contribution in [3.05, 3.63) is 46.8 Å². The molecule has 1 aliphatic rings. The molecule has 0 aliphatic carbocycles. The molecular weight excluding hydrogens is 378 g/mol. The van der Waals surface area contributed by atoms with E-state index in [0.29, 0.717) is 37.5 Å². The minimum atomic E-state index is -0.927. The number of rotatable bonds is 6. The molecule has 0 radical (unpaired) electrons. The van der Waals surface area contributed by atoms with Gasteiger partial charge in [-0.05, 0) is 74.8 Å². The molecule has 2 aromatic rings. The lowest BCUT2D eigenvalue weighted by atomic mass is 9.96. The molecule has 3 rings (SSSR count). The van der Waals surface area contributed by atoms with Crippen molar-refractivity contribution in [3.8, 4) is 5.75 Å². The Hall–Kier alpha value is -2.34. The maximum atomic E-state index is 13.1. The number of nitrogens with zero attached hydrogens (tertiary/aromatic N) is 3. The Morgan fingerprint density at radius 1 is 1.20 bits per heavy atom. The lowest BCUT2D eigenvalue weighted by Crippen LogP contribution is -2.38. The summed E-state index contributed by atoms with van der Waals surface area (Å²) in [7, 11) is 1.82. The number of benzene rings is 1. The van der Waals surface area contributed by atoms with Gasteiger partial charge in [0.25, 0.3) is 5.91 Å². The van der Waals surface area contributed by atoms with Crippen LogP contribution in [0.5, 0.6) is 5.75 Å². The molecule has 0 saturated carbocycles. The van der Waals surface area contributed by atoms with Gasteiger partial charge in [0.2, 0.25) is 0 Å². The zero-order valence-electron chi connectivity index (χ0n) is 18.9. The number of hydrogen-bond acceptors (Lipinski definition) is 4. The van der Waals surface area contributed by atoms with Crippen molar-refractivity contribution in [3.63, 3.8) is 0 Å². The molecule has 164 valence electrons. The van der Waals surface area contributed by atoms with Crippen LogP contribution in [-0.2, 0) is 13.5 Å². The molecule has 1 fully saturated rings. The van der Waals surface area contributed by atoms with Crippen LogP contribution in [-0.4, -0.2) is 51.0 Å². The van der Waals surface area contributed by atoms with Crippen molar-refractivity contribution >= 4 is 5.91 Å². The van der Waals surface area contributed by atoms with E-state index in [-0.39, 0.29) is 12.5 Å². The van der Waals surface area contributed by atoms with E-state index in [2.05, 4.69) is 32.8 Å². The van der Waals surface area contributed by atoms with Crippen LogP contribution in [0.1, 0.15) is 60.4 Å². The van der Waals surface area contributed by atoms with Gasteiger partial charge in [-0.25, -0.2) is 0 Å². The van der Waals surface area contributed by atoms with Crippen LogP contribution in [0.25, 0.3) is 0 Å². The molecule has 0 spiro atoms. The van der Waals surface area contributed by atoms with Crippen LogP contribution < -0.4 is 4.74 Å². The molecule has 1 aromatic carbocycles. The highest BCUT2D eigenvalue weighted by atomic mass is 16.5. The van der Waals surface area contributed by atoms with E-state index >= 15 is 0 Å². The molecule has 6 heteroatoms. The van der Waals surface area contributed by atoms with Crippen LogP contribution in [0.4, 0.5) is 0 Å². The van der Waals surface area contributed by atoms with Gasteiger partial charge in [0.15, 0.2) is 0 Å². The van der Waals surface area contributed by atoms with E-state index in [1.807, 2.05) is 36.2 Å². The van der Waals surface area contributed by atoms with Crippen LogP contribution >= 0.6 is 0 Å². The maximum absolute atomic E-state index is 13.1. The first kappa shape index (κ1) is 22.3. The van der Waals surface area contributed by atoms with E-state index in [9.17, 15) is 9.90 Å². The van der Waals surface area contributed by atoms with Crippen molar-refractivity contribution in [2.75, 3.05) is 19.7 Å². The van der Waals surface area contributed by atoms with E-state index in [1.165, 1.54) is 11.1 Å². The number of amides is 1. The highest BCUT2D eigenvalue weighted by molar-refractivity contribution is 5.92. The first-order chi connectivity index (χ1) is 14.2. The third-order valence-electron chi connectivity index (χ3n) is 5.96. The molecule has 2 heterocycles. The van der Waals surface area contributed by atoms with Crippen LogP contribution in [0.3, 0.4) is 0 Å². The van der Waals surface area contributed by atoms with Gasteiger partial charge in [0.05, 0.1) is 5.69 Å². The first-order valence-corrected chi connectivity index (χ1v) is 10.9. The Labute approximate surface area is 179 Å². The lowest BCUT2D eigenvalue weighted by molar-refractivity contribution is -0.0163. The average molecular weight is 414 g/mol. The highest BCUT2D eigenvalue weighted by Crippen LogP contribution is 2.26. The molecule has 1 amide bonds. The van der Waals surface area contributed by atoms with E-state index < -0.39 is 5.60 Å². The van der Waals surface area contributed by atoms with Crippen molar-refractivity contribution in [1.29, 1.82) is 0 Å². The van der Waals surface area contributed by atoms with Crippen LogP contribution in [0.15, 0.2) is 24.3 Å². The molecule has 1 N–H and O–H groups in total. The number of likely N-dealkylation sites (tertiary alicyclic amines) is 1. The predicted octanol–water partition coefficient (Wildman–Crippen LogP) is 3.67. The predicted molar refractivity (Wildman–Crippen MR) is 118 cm³/mol. The summed E-state index contributed by atoms with van der Waals surface area (Å²) in [6.45, 7) is 9.79. The van der Waals surface area contributed by atoms with Gasteiger partial charge in [0.1, 0.15) is 23.7 Å². The number of ether oxygens (including phenoxy) is 1. The smallest absolute Gasteiger partial charge is 0.272 e. The minimum Gasteiger partial charge on any atom is -0.491 e. The fourth-order valence-electron chi connectivity index (χ4n) is 3.95. The second kappa shape index (κ2) is 9.21. The number of carbonyl (C=O) groups is 1. The zero-order valence-corrected chi connectivity index (χ0v) is 18.9. The van der Waals surface area contributed by atoms with Gasteiger partial charge in [-0.3, -0.25) is 9.48 Å². The standard InChI is InChI=1S/C24H35N3O3/c1-17(2)13-20-15-22(26(5)25-20)23(28)27-11-6-9-24(29,10-12-27)16-30-21-8-7-18(3)19(4)14-21/h7-8,14-15,17,29H,6,9-13,16H2,1-5H3/t24-/m0/s1. The topological polar surface area (TPSA) is 67.6 Å². The molecule has 30 heavy (non-hydrogen) atoms. The summed E-state index contributed by atoms with van der Waals surface area (Å²) < 4.78 is 7.59. The summed E-state index contributed by atoms with van der Waals surface area (Å²) in [4.78, 5) is 14.9. The van der Waals surface area contributed by atoms with Gasteiger partial charge in [0, 0.05) is 20.1 Å². The Morgan fingerprint density at radius 2 is 1.97 bits per heavy atom. The summed E-state index contributed by atoms with van der Waals surface area (Å²) >= 11 is 0. The Morgan fingerprint density at radius 3 is 2.67 bits per heavy atom. The normalized spacial score (nSPS) is 19.8. The van der Waals surface area contributed by atoms with Gasteiger partial charge in [-0.1, -0.05) is 19.9 Å². The number of aryl methyl sites for hydroxylation is 3. The largest absolute Gasteiger partial charge is 0.491 e. The molecule has 1 aromatic heterocycles. The summed E-state index contributed by atoms with van der Waals surface area (Å²) in [6.07, 6.45) is 2.72. The van der Waals surface area contributed by atoms with Gasteiger partial charge < -0.3 is 14.7 Å². The fraction of sp³-hybridized carbons (Fsp3) is 0.583. The quantitative estimate of drug-likeness (QED) is 0.785. The number of hydrogen-bond donors (Lipinski definition) is 1. The molecule has 0 unspecified atom stereocenters. The fourth-order valence-corrected chi connectivity index (χ4v) is 3.95. The van der Waals surface area contributed by atoms with E-state index in [0.717, 1.165) is 24.3 Å². The lowest BCUT2D eigenvalue weighted by Gasteiger charge is -2.27. The van der Waals surface area contributed by atoms with E-state index in [1.54, 1.807) is 4.68 Å². The molecule has 6 nitrogen and oxygen atoms in total. The van der Waals surface area contributed by atoms with Gasteiger partial charge >= 0.3 is 0 Å². The number of aliphatic hydroxyl groups is 1. The van der Waals surface area contributed by atoms with Gasteiger partial charge in [-0.2, -0.15) is 5.10 Å². The van der Waals surface area contributed by atoms with Crippen LogP contribution in [0.2, 0.25) is 0 Å². The molecule has 1 atom stereocenters. The van der Waals surface area contributed by atoms with Crippen molar-refractivity contribution in [2.45, 2.75) is 59.0 Å². The summed E-state index contributed by atoms with van der Waals surface area (Å²) in [5, 5.41) is 15.6.